The van der Waals surface area contributed by atoms with Crippen molar-refractivity contribution in [1.29, 1.82) is 0 Å². The maximum absolute atomic E-state index is 11.0. The number of hydrogen-bond donors (Lipinski definition) is 0. The monoisotopic (exact) mass is 287 g/mol. The number of ether oxygens (including phenoxy) is 2. The molecule has 2 atom stereocenters. The van der Waals surface area contributed by atoms with Crippen LogP contribution in [0.15, 0.2) is 29.4 Å². The highest BCUT2D eigenvalue weighted by Gasteiger charge is 2.19. The van der Waals surface area contributed by atoms with E-state index in [1.165, 1.54) is 7.11 Å². The lowest BCUT2D eigenvalue weighted by atomic mass is 9.96. The van der Waals surface area contributed by atoms with E-state index in [4.69, 9.17) is 10.3 Å². The zero-order valence-electron chi connectivity index (χ0n) is 12.2. The third-order valence-corrected chi connectivity index (χ3v) is 2.89. The van der Waals surface area contributed by atoms with Crippen molar-refractivity contribution in [2.24, 2.45) is 11.0 Å². The predicted molar refractivity (Wildman–Crippen MR) is 78.6 cm³/mol. The molecule has 0 aliphatic carbocycles. The molecule has 1 aromatic carbocycles. The molecule has 0 radical (unpaired) electrons. The Labute approximate surface area is 123 Å². The average Bonchev–Trinajstić information content (AvgIpc) is 2.49. The molecule has 0 fully saturated rings. The first kappa shape index (κ1) is 16.6. The molecule has 0 bridgehead atoms. The Hall–Kier alpha value is -2.48. The van der Waals surface area contributed by atoms with Crippen molar-refractivity contribution in [1.82, 2.24) is 0 Å². The summed E-state index contributed by atoms with van der Waals surface area (Å²) in [5, 5.41) is 3.66. The number of rotatable bonds is 5. The van der Waals surface area contributed by atoms with Crippen molar-refractivity contribution in [3.8, 4) is 11.8 Å². The minimum Gasteiger partial charge on any atom is -0.468 e. The number of hydrogen-bond acceptors (Lipinski definition) is 4. The minimum absolute atomic E-state index is 0.0370. The van der Waals surface area contributed by atoms with E-state index in [9.17, 15) is 4.79 Å². The van der Waals surface area contributed by atoms with Gasteiger partial charge in [0.2, 0.25) is 0 Å². The molecule has 1 aromatic rings. The van der Waals surface area contributed by atoms with Gasteiger partial charge in [0.1, 0.15) is 6.42 Å². The van der Waals surface area contributed by atoms with Crippen LogP contribution in [-0.4, -0.2) is 20.2 Å². The fourth-order valence-corrected chi connectivity index (χ4v) is 1.90. The Morgan fingerprint density at radius 1 is 1.43 bits per heavy atom. The van der Waals surface area contributed by atoms with Crippen LogP contribution in [0.2, 0.25) is 0 Å². The molecule has 6 nitrogen and oxygen atoms in total. The van der Waals surface area contributed by atoms with E-state index < -0.39 is 0 Å². The van der Waals surface area contributed by atoms with Gasteiger partial charge in [-0.25, -0.2) is 0 Å². The van der Waals surface area contributed by atoms with Crippen LogP contribution in [0, 0.1) is 17.8 Å². The largest absolute Gasteiger partial charge is 0.468 e. The second-order valence-electron chi connectivity index (χ2n) is 4.27. The lowest BCUT2D eigenvalue weighted by molar-refractivity contribution is -0.139. The number of nitrogens with zero attached hydrogens (tertiary/aromatic N) is 3. The molecule has 110 valence electrons. The van der Waals surface area contributed by atoms with Crippen LogP contribution in [0.4, 0.5) is 5.69 Å². The maximum Gasteiger partial charge on any atom is 0.317 e. The van der Waals surface area contributed by atoms with Gasteiger partial charge in [0, 0.05) is 23.6 Å². The van der Waals surface area contributed by atoms with Crippen LogP contribution in [0.1, 0.15) is 25.0 Å². The molecule has 0 amide bonds. The fraction of sp³-hybridized carbons (Fsp3) is 0.400. The molecule has 0 spiro atoms. The van der Waals surface area contributed by atoms with Gasteiger partial charge in [-0.1, -0.05) is 41.2 Å². The van der Waals surface area contributed by atoms with E-state index in [-0.39, 0.29) is 24.4 Å². The van der Waals surface area contributed by atoms with E-state index in [2.05, 4.69) is 26.6 Å². The zero-order chi connectivity index (χ0) is 15.7. The summed E-state index contributed by atoms with van der Waals surface area (Å²) in [6.45, 7) is 1.88. The highest BCUT2D eigenvalue weighted by Crippen LogP contribution is 2.32. The normalized spacial score (nSPS) is 12.3. The van der Waals surface area contributed by atoms with Crippen LogP contribution < -0.4 is 0 Å². The molecule has 0 saturated heterocycles. The summed E-state index contributed by atoms with van der Waals surface area (Å²) in [4.78, 5) is 13.8. The summed E-state index contributed by atoms with van der Waals surface area (Å²) >= 11 is 0. The molecule has 0 N–H and O–H groups in total. The second-order valence-corrected chi connectivity index (χ2v) is 4.27. The molecule has 0 unspecified atom stereocenters. The van der Waals surface area contributed by atoms with Crippen molar-refractivity contribution < 1.29 is 14.3 Å². The molecule has 0 aliphatic heterocycles. The zero-order valence-corrected chi connectivity index (χ0v) is 12.2. The van der Waals surface area contributed by atoms with Gasteiger partial charge in [-0.3, -0.25) is 4.79 Å². The van der Waals surface area contributed by atoms with Crippen LogP contribution in [0.5, 0.6) is 0 Å². The van der Waals surface area contributed by atoms with Gasteiger partial charge in [-0.2, -0.15) is 0 Å². The van der Waals surface area contributed by atoms with Gasteiger partial charge in [-0.15, -0.1) is 0 Å². The van der Waals surface area contributed by atoms with Gasteiger partial charge < -0.3 is 9.47 Å². The van der Waals surface area contributed by atoms with Crippen LogP contribution >= 0.6 is 0 Å². The van der Waals surface area contributed by atoms with E-state index in [0.717, 1.165) is 5.56 Å². The van der Waals surface area contributed by atoms with Crippen LogP contribution in [-0.2, 0) is 14.3 Å². The molecule has 0 aromatic heterocycles. The highest BCUT2D eigenvalue weighted by atomic mass is 16.5. The molecular formula is C15H17N3O3. The molecule has 21 heavy (non-hydrogen) atoms. The molecule has 1 rings (SSSR count). The molecule has 0 saturated carbocycles. The Kier molecular flexibility index (Phi) is 6.82. The molecular weight excluding hydrogens is 270 g/mol. The standard InChI is InChI=1S/C15H17N3O3/c1-11(7-6-10-14(19)20-2)15(21-3)12-8-4-5-9-13(12)17-18-16/h4-5,8-9,11,15H,10H2,1-3H3/t11-,15+/m0/s1. The van der Waals surface area contributed by atoms with Gasteiger partial charge in [0.15, 0.2) is 0 Å². The topological polar surface area (TPSA) is 84.3 Å². The summed E-state index contributed by atoms with van der Waals surface area (Å²) in [6.07, 6.45) is -0.313. The number of carbonyl (C=O) groups is 1. The lowest BCUT2D eigenvalue weighted by Crippen LogP contribution is -2.11. The summed E-state index contributed by atoms with van der Waals surface area (Å²) in [5.41, 5.74) is 9.87. The Morgan fingerprint density at radius 3 is 2.76 bits per heavy atom. The predicted octanol–water partition coefficient (Wildman–Crippen LogP) is 3.52. The minimum atomic E-state index is -0.377. The average molecular weight is 287 g/mol. The van der Waals surface area contributed by atoms with E-state index in [1.54, 1.807) is 19.2 Å². The van der Waals surface area contributed by atoms with Crippen molar-refractivity contribution in [2.45, 2.75) is 19.4 Å². The van der Waals surface area contributed by atoms with Crippen molar-refractivity contribution in [3.05, 3.63) is 40.3 Å². The molecule has 0 aliphatic rings. The van der Waals surface area contributed by atoms with Crippen molar-refractivity contribution in [2.75, 3.05) is 14.2 Å². The summed E-state index contributed by atoms with van der Waals surface area (Å²) < 4.78 is 9.99. The summed E-state index contributed by atoms with van der Waals surface area (Å²) in [7, 11) is 2.89. The number of azide groups is 1. The SMILES string of the molecule is COC(=O)CC#C[C@H](C)[C@@H](OC)c1ccccc1N=[N+]=[N-]. The quantitative estimate of drug-likeness (QED) is 0.273. The van der Waals surface area contributed by atoms with E-state index in [1.807, 2.05) is 19.1 Å². The Bertz CT molecular complexity index is 598. The van der Waals surface area contributed by atoms with Crippen LogP contribution in [0.3, 0.4) is 0 Å². The van der Waals surface area contributed by atoms with Gasteiger partial charge >= 0.3 is 5.97 Å². The van der Waals surface area contributed by atoms with Gasteiger partial charge in [0.25, 0.3) is 0 Å². The molecule has 0 heterocycles. The third-order valence-electron chi connectivity index (χ3n) is 2.89. The van der Waals surface area contributed by atoms with E-state index in [0.29, 0.717) is 5.69 Å². The summed E-state index contributed by atoms with van der Waals surface area (Å²) in [6, 6.07) is 7.17. The summed E-state index contributed by atoms with van der Waals surface area (Å²) in [5.74, 6) is 5.17. The Morgan fingerprint density at radius 2 is 2.14 bits per heavy atom. The van der Waals surface area contributed by atoms with Crippen molar-refractivity contribution in [3.63, 3.8) is 0 Å². The van der Waals surface area contributed by atoms with Crippen LogP contribution in [0.25, 0.3) is 10.4 Å². The smallest absolute Gasteiger partial charge is 0.317 e. The van der Waals surface area contributed by atoms with Crippen molar-refractivity contribution >= 4 is 11.7 Å². The van der Waals surface area contributed by atoms with Gasteiger partial charge in [0.05, 0.1) is 13.2 Å². The first-order valence-electron chi connectivity index (χ1n) is 6.36. The number of methoxy groups -OCH3 is 2. The second kappa shape index (κ2) is 8.64. The number of carbonyl (C=O) groups excluding carboxylic acids is 1. The first-order valence-corrected chi connectivity index (χ1v) is 6.36. The maximum atomic E-state index is 11.0. The Balaban J connectivity index is 2.97. The van der Waals surface area contributed by atoms with E-state index >= 15 is 0 Å². The van der Waals surface area contributed by atoms with Gasteiger partial charge in [-0.05, 0) is 18.0 Å². The third kappa shape index (κ3) is 4.84. The fourth-order valence-electron chi connectivity index (χ4n) is 1.90. The first-order chi connectivity index (χ1) is 10.1. The number of benzene rings is 1. The molecule has 6 heteroatoms. The highest BCUT2D eigenvalue weighted by molar-refractivity contribution is 5.72. The number of esters is 1. The lowest BCUT2D eigenvalue weighted by Gasteiger charge is -2.20.